The predicted molar refractivity (Wildman–Crippen MR) is 132 cm³/mol. The second-order valence-electron chi connectivity index (χ2n) is 10.2. The maximum atomic E-state index is 13.0. The van der Waals surface area contributed by atoms with Crippen molar-refractivity contribution in [3.05, 3.63) is 35.8 Å². The van der Waals surface area contributed by atoms with Gasteiger partial charge in [-0.3, -0.25) is 14.4 Å². The lowest BCUT2D eigenvalue weighted by atomic mass is 10.1. The number of amides is 3. The fraction of sp³-hybridized carbons (Fsp3) is 0.600. The molecule has 36 heavy (non-hydrogen) atoms. The lowest BCUT2D eigenvalue weighted by molar-refractivity contribution is -0.137. The van der Waals surface area contributed by atoms with Crippen molar-refractivity contribution in [2.45, 2.75) is 44.7 Å². The SMILES string of the molecule is C=C(/C=N\N1CN(CC2(C)CC2)C(=O)C(C(=O)NC2CC2)=C1O)/C=C/C(=O)N1CCOC[C@H]1COC. The van der Waals surface area contributed by atoms with Gasteiger partial charge in [-0.05, 0) is 42.7 Å². The predicted octanol–water partition coefficient (Wildman–Crippen LogP) is 0.908. The van der Waals surface area contributed by atoms with Gasteiger partial charge in [0.05, 0.1) is 32.1 Å². The van der Waals surface area contributed by atoms with Gasteiger partial charge in [0.15, 0.2) is 5.57 Å². The first-order chi connectivity index (χ1) is 17.2. The number of carbonyl (C=O) groups is 3. The zero-order chi connectivity index (χ0) is 25.9. The summed E-state index contributed by atoms with van der Waals surface area (Å²) in [5, 5.41) is 19.0. The molecule has 11 nitrogen and oxygen atoms in total. The first-order valence-electron chi connectivity index (χ1n) is 12.3. The summed E-state index contributed by atoms with van der Waals surface area (Å²) in [6.07, 6.45) is 8.05. The van der Waals surface area contributed by atoms with Crippen molar-refractivity contribution in [3.8, 4) is 0 Å². The van der Waals surface area contributed by atoms with E-state index < -0.39 is 17.7 Å². The number of hydrogen-bond donors (Lipinski definition) is 2. The molecule has 0 bridgehead atoms. The molecule has 0 aromatic rings. The molecule has 1 saturated heterocycles. The molecule has 2 N–H and O–H groups in total. The summed E-state index contributed by atoms with van der Waals surface area (Å²) in [5.41, 5.74) is 0.125. The summed E-state index contributed by atoms with van der Waals surface area (Å²) in [7, 11) is 1.58. The normalized spacial score (nSPS) is 24.1. The van der Waals surface area contributed by atoms with E-state index in [4.69, 9.17) is 9.47 Å². The Morgan fingerprint density at radius 3 is 2.75 bits per heavy atom. The van der Waals surface area contributed by atoms with Crippen molar-refractivity contribution in [3.63, 3.8) is 0 Å². The van der Waals surface area contributed by atoms with Crippen LogP contribution in [0.1, 0.15) is 32.6 Å². The highest BCUT2D eigenvalue weighted by Gasteiger charge is 2.44. The number of hydrazone groups is 1. The van der Waals surface area contributed by atoms with Crippen LogP contribution in [0.15, 0.2) is 40.9 Å². The van der Waals surface area contributed by atoms with Gasteiger partial charge >= 0.3 is 0 Å². The van der Waals surface area contributed by atoms with E-state index in [0.29, 0.717) is 38.5 Å². The van der Waals surface area contributed by atoms with Crippen molar-refractivity contribution < 1.29 is 29.0 Å². The lowest BCUT2D eigenvalue weighted by Gasteiger charge is -2.35. The molecule has 3 amide bonds. The number of aliphatic hydroxyl groups is 1. The number of ether oxygens (including phenoxy) is 2. The van der Waals surface area contributed by atoms with Crippen molar-refractivity contribution in [2.24, 2.45) is 10.5 Å². The Bertz CT molecular complexity index is 995. The van der Waals surface area contributed by atoms with Crippen LogP contribution >= 0.6 is 0 Å². The van der Waals surface area contributed by atoms with Crippen LogP contribution in [0.2, 0.25) is 0 Å². The molecule has 4 aliphatic rings. The second-order valence-corrected chi connectivity index (χ2v) is 10.2. The second kappa shape index (κ2) is 10.8. The Labute approximate surface area is 211 Å². The molecule has 2 saturated carbocycles. The van der Waals surface area contributed by atoms with Gasteiger partial charge in [-0.2, -0.15) is 5.10 Å². The summed E-state index contributed by atoms with van der Waals surface area (Å²) in [6, 6.07) is -0.119. The Kier molecular flexibility index (Phi) is 7.79. The number of allylic oxidation sites excluding steroid dienone is 2. The zero-order valence-corrected chi connectivity index (χ0v) is 20.9. The first kappa shape index (κ1) is 25.9. The summed E-state index contributed by atoms with van der Waals surface area (Å²) in [5.74, 6) is -1.77. The van der Waals surface area contributed by atoms with Gasteiger partial charge in [-0.15, -0.1) is 0 Å². The van der Waals surface area contributed by atoms with Gasteiger partial charge in [0, 0.05) is 32.3 Å². The number of morpholine rings is 1. The van der Waals surface area contributed by atoms with Gasteiger partial charge in [0.2, 0.25) is 11.8 Å². The van der Waals surface area contributed by atoms with Gasteiger partial charge in [-0.1, -0.05) is 13.5 Å². The van der Waals surface area contributed by atoms with Crippen LogP contribution in [0.4, 0.5) is 0 Å². The molecule has 4 rings (SSSR count). The molecule has 0 unspecified atom stereocenters. The van der Waals surface area contributed by atoms with Crippen LogP contribution < -0.4 is 5.32 Å². The van der Waals surface area contributed by atoms with Crippen molar-refractivity contribution >= 4 is 23.9 Å². The lowest BCUT2D eigenvalue weighted by Crippen LogP contribution is -2.50. The summed E-state index contributed by atoms with van der Waals surface area (Å²) < 4.78 is 10.6. The highest BCUT2D eigenvalue weighted by molar-refractivity contribution is 6.19. The minimum atomic E-state index is -0.591. The van der Waals surface area contributed by atoms with Crippen molar-refractivity contribution in [1.82, 2.24) is 20.1 Å². The molecule has 0 radical (unpaired) electrons. The van der Waals surface area contributed by atoms with Crippen LogP contribution in [-0.2, 0) is 23.9 Å². The molecule has 196 valence electrons. The molecule has 1 atom stereocenters. The average Bonchev–Trinajstić information content (AvgIpc) is 3.78. The maximum Gasteiger partial charge on any atom is 0.266 e. The summed E-state index contributed by atoms with van der Waals surface area (Å²) >= 11 is 0. The minimum absolute atomic E-state index is 0.0133. The van der Waals surface area contributed by atoms with E-state index in [0.717, 1.165) is 25.7 Å². The molecular formula is C25H35N5O6. The van der Waals surface area contributed by atoms with E-state index in [1.54, 1.807) is 16.9 Å². The van der Waals surface area contributed by atoms with Gasteiger partial charge < -0.3 is 29.7 Å². The molecule has 0 aromatic heterocycles. The third kappa shape index (κ3) is 6.33. The molecule has 11 heteroatoms. The maximum absolute atomic E-state index is 13.0. The summed E-state index contributed by atoms with van der Waals surface area (Å²) in [4.78, 5) is 41.7. The van der Waals surface area contributed by atoms with Crippen molar-refractivity contribution in [1.29, 1.82) is 0 Å². The molecule has 0 aromatic carbocycles. The third-order valence-corrected chi connectivity index (χ3v) is 6.76. The average molecular weight is 502 g/mol. The molecule has 2 heterocycles. The largest absolute Gasteiger partial charge is 0.493 e. The topological polar surface area (TPSA) is 124 Å². The van der Waals surface area contributed by atoms with Crippen LogP contribution in [0.25, 0.3) is 0 Å². The smallest absolute Gasteiger partial charge is 0.266 e. The standard InChI is InChI=1S/C25H35N5O6/c1-17(4-7-20(31)29-10-11-36-14-19(29)13-35-3)12-26-30-16-28(15-25(2)8-9-25)23(33)21(24(30)34)22(32)27-18-5-6-18/h4,7,12,18-19,34H,1,5-6,8-11,13-16H2,2-3H3,(H,27,32)/b7-4+,26-12-/t19-/m1/s1. The highest BCUT2D eigenvalue weighted by Crippen LogP contribution is 2.46. The number of nitrogens with one attached hydrogen (secondary N) is 1. The van der Waals surface area contributed by atoms with E-state index in [-0.39, 0.29) is 35.6 Å². The van der Waals surface area contributed by atoms with Gasteiger partial charge in [0.1, 0.15) is 6.67 Å². The van der Waals surface area contributed by atoms with Crippen LogP contribution in [0.3, 0.4) is 0 Å². The Morgan fingerprint density at radius 2 is 2.08 bits per heavy atom. The van der Waals surface area contributed by atoms with Crippen LogP contribution in [0, 0.1) is 5.41 Å². The van der Waals surface area contributed by atoms with Gasteiger partial charge in [0.25, 0.3) is 11.8 Å². The Hall–Kier alpha value is -3.18. The number of rotatable bonds is 10. The molecule has 2 aliphatic heterocycles. The quantitative estimate of drug-likeness (QED) is 0.197. The number of methoxy groups -OCH3 is 1. The third-order valence-electron chi connectivity index (χ3n) is 6.76. The zero-order valence-electron chi connectivity index (χ0n) is 20.9. The fourth-order valence-corrected chi connectivity index (χ4v) is 4.14. The van der Waals surface area contributed by atoms with E-state index in [1.807, 2.05) is 0 Å². The first-order valence-corrected chi connectivity index (χ1v) is 12.3. The molecule has 3 fully saturated rings. The molecule has 2 aliphatic carbocycles. The van der Waals surface area contributed by atoms with Crippen molar-refractivity contribution in [2.75, 3.05) is 46.7 Å². The van der Waals surface area contributed by atoms with E-state index >= 15 is 0 Å². The number of hydrogen-bond acceptors (Lipinski definition) is 8. The monoisotopic (exact) mass is 501 g/mol. The van der Waals surface area contributed by atoms with Crippen LogP contribution in [-0.4, -0.2) is 103 Å². The van der Waals surface area contributed by atoms with E-state index in [2.05, 4.69) is 23.9 Å². The summed E-state index contributed by atoms with van der Waals surface area (Å²) in [6.45, 7) is 8.22. The van der Waals surface area contributed by atoms with Crippen LogP contribution in [0.5, 0.6) is 0 Å². The Morgan fingerprint density at radius 1 is 1.33 bits per heavy atom. The molecular weight excluding hydrogens is 466 g/mol. The number of aliphatic hydroxyl groups excluding tert-OH is 1. The Balaban J connectivity index is 1.44. The van der Waals surface area contributed by atoms with Gasteiger partial charge in [-0.25, -0.2) is 5.01 Å². The van der Waals surface area contributed by atoms with E-state index in [9.17, 15) is 19.5 Å². The number of nitrogens with zero attached hydrogens (tertiary/aromatic N) is 4. The molecule has 0 spiro atoms. The fourth-order valence-electron chi connectivity index (χ4n) is 4.14. The van der Waals surface area contributed by atoms with E-state index in [1.165, 1.54) is 23.4 Å². The minimum Gasteiger partial charge on any atom is -0.493 e. The highest BCUT2D eigenvalue weighted by atomic mass is 16.5. The number of carbonyl (C=O) groups excluding carboxylic acids is 3.